The molecule has 2 unspecified atom stereocenters. The first-order chi connectivity index (χ1) is 10.8. The van der Waals surface area contributed by atoms with Gasteiger partial charge in [0, 0.05) is 23.9 Å². The third-order valence-corrected chi connectivity index (χ3v) is 5.15. The van der Waals surface area contributed by atoms with Crippen molar-refractivity contribution >= 4 is 17.8 Å². The van der Waals surface area contributed by atoms with Crippen LogP contribution in [0.25, 0.3) is 0 Å². The Hall–Kier alpha value is -1.34. The fourth-order valence-electron chi connectivity index (χ4n) is 2.53. The summed E-state index contributed by atoms with van der Waals surface area (Å²) < 4.78 is 27.0. The summed E-state index contributed by atoms with van der Waals surface area (Å²) in [5.41, 5.74) is -0.636. The highest BCUT2D eigenvalue weighted by Crippen LogP contribution is 2.27. The van der Waals surface area contributed by atoms with Gasteiger partial charge in [-0.25, -0.2) is 13.6 Å². The molecule has 23 heavy (non-hydrogen) atoms. The molecule has 0 spiro atoms. The molecule has 1 aromatic carbocycles. The van der Waals surface area contributed by atoms with Gasteiger partial charge < -0.3 is 15.7 Å². The maximum atomic E-state index is 13.9. The number of hydrogen-bond donors (Lipinski definition) is 3. The number of amides is 2. The number of nitrogens with one attached hydrogen (secondary N) is 2. The van der Waals surface area contributed by atoms with E-state index in [9.17, 15) is 18.7 Å². The zero-order valence-electron chi connectivity index (χ0n) is 13.2. The summed E-state index contributed by atoms with van der Waals surface area (Å²) in [4.78, 5) is 12.1. The molecule has 1 aliphatic rings. The van der Waals surface area contributed by atoms with Gasteiger partial charge in [0.1, 0.15) is 11.6 Å². The highest BCUT2D eigenvalue weighted by Gasteiger charge is 2.32. The normalized spacial score (nSPS) is 22.2. The summed E-state index contributed by atoms with van der Waals surface area (Å²) in [5.74, 6) is 0.0442. The van der Waals surface area contributed by atoms with E-state index in [1.807, 2.05) is 13.8 Å². The smallest absolute Gasteiger partial charge is 0.315 e. The quantitative estimate of drug-likeness (QED) is 0.770. The number of carbonyl (C=O) groups is 1. The van der Waals surface area contributed by atoms with E-state index in [-0.39, 0.29) is 18.0 Å². The molecule has 128 valence electrons. The van der Waals surface area contributed by atoms with E-state index in [2.05, 4.69) is 10.6 Å². The van der Waals surface area contributed by atoms with Crippen molar-refractivity contribution in [1.82, 2.24) is 10.6 Å². The number of thioether (sulfide) groups is 1. The lowest BCUT2D eigenvalue weighted by atomic mass is 9.95. The third-order valence-electron chi connectivity index (χ3n) is 3.91. The molecule has 4 nitrogen and oxygen atoms in total. The second kappa shape index (κ2) is 7.49. The van der Waals surface area contributed by atoms with Crippen molar-refractivity contribution in [3.8, 4) is 0 Å². The number of halogens is 2. The summed E-state index contributed by atoms with van der Waals surface area (Å²) in [6, 6.07) is 2.27. The molecule has 1 saturated heterocycles. The summed E-state index contributed by atoms with van der Waals surface area (Å²) in [7, 11) is 0. The van der Waals surface area contributed by atoms with Crippen LogP contribution in [0.4, 0.5) is 13.6 Å². The van der Waals surface area contributed by atoms with Crippen molar-refractivity contribution < 1.29 is 18.7 Å². The topological polar surface area (TPSA) is 61.4 Å². The van der Waals surface area contributed by atoms with E-state index in [0.29, 0.717) is 12.2 Å². The average molecular weight is 344 g/mol. The molecular formula is C16H22F2N2O2S. The van der Waals surface area contributed by atoms with Gasteiger partial charge in [-0.05, 0) is 24.2 Å². The van der Waals surface area contributed by atoms with Gasteiger partial charge in [0.2, 0.25) is 0 Å². The number of aliphatic hydroxyl groups is 1. The Morgan fingerprint density at radius 2 is 2.17 bits per heavy atom. The van der Waals surface area contributed by atoms with Gasteiger partial charge in [-0.2, -0.15) is 11.8 Å². The molecular weight excluding hydrogens is 322 g/mol. The predicted octanol–water partition coefficient (Wildman–Crippen LogP) is 2.83. The van der Waals surface area contributed by atoms with Crippen LogP contribution in [-0.4, -0.2) is 34.8 Å². The number of carbonyl (C=O) groups excluding carboxylic acids is 1. The fraction of sp³-hybridized carbons (Fsp3) is 0.562. The van der Waals surface area contributed by atoms with E-state index >= 15 is 0 Å². The molecule has 0 aromatic heterocycles. The van der Waals surface area contributed by atoms with Crippen molar-refractivity contribution in [3.63, 3.8) is 0 Å². The molecule has 1 aliphatic heterocycles. The lowest BCUT2D eigenvalue weighted by Crippen LogP contribution is -2.47. The molecule has 1 fully saturated rings. The highest BCUT2D eigenvalue weighted by molar-refractivity contribution is 7.99. The Balaban J connectivity index is 2.00. The Morgan fingerprint density at radius 1 is 1.43 bits per heavy atom. The first-order valence-electron chi connectivity index (χ1n) is 7.60. The first kappa shape index (κ1) is 18.0. The van der Waals surface area contributed by atoms with Crippen molar-refractivity contribution in [3.05, 3.63) is 35.4 Å². The van der Waals surface area contributed by atoms with Crippen LogP contribution in [0.3, 0.4) is 0 Å². The minimum absolute atomic E-state index is 0.0779. The van der Waals surface area contributed by atoms with Gasteiger partial charge in [0.25, 0.3) is 0 Å². The van der Waals surface area contributed by atoms with E-state index in [0.717, 1.165) is 11.8 Å². The van der Waals surface area contributed by atoms with Crippen molar-refractivity contribution in [1.29, 1.82) is 0 Å². The zero-order chi connectivity index (χ0) is 17.0. The lowest BCUT2D eigenvalue weighted by molar-refractivity contribution is 0.0697. The molecule has 0 aliphatic carbocycles. The van der Waals surface area contributed by atoms with Gasteiger partial charge >= 0.3 is 6.03 Å². The lowest BCUT2D eigenvalue weighted by Gasteiger charge is -2.26. The van der Waals surface area contributed by atoms with E-state index < -0.39 is 29.3 Å². The minimum atomic E-state index is -0.879. The van der Waals surface area contributed by atoms with Crippen LogP contribution in [0.15, 0.2) is 18.2 Å². The number of rotatable bonds is 5. The Labute approximate surface area is 139 Å². The molecule has 2 rings (SSSR count). The maximum absolute atomic E-state index is 13.9. The van der Waals surface area contributed by atoms with Gasteiger partial charge in [-0.3, -0.25) is 0 Å². The van der Waals surface area contributed by atoms with Gasteiger partial charge in [-0.1, -0.05) is 19.9 Å². The Kier molecular flexibility index (Phi) is 5.86. The van der Waals surface area contributed by atoms with Crippen LogP contribution in [-0.2, 0) is 0 Å². The molecule has 2 amide bonds. The summed E-state index contributed by atoms with van der Waals surface area (Å²) in [6.45, 7) is 3.84. The monoisotopic (exact) mass is 344 g/mol. The number of urea groups is 1. The van der Waals surface area contributed by atoms with Crippen LogP contribution in [0.5, 0.6) is 0 Å². The van der Waals surface area contributed by atoms with Crippen molar-refractivity contribution in [2.24, 2.45) is 5.92 Å². The standard InChI is InChI=1S/C16H22F2N2O2S/c1-10(2)14(12-4-3-11(17)7-13(12)18)20-15(21)19-8-16(22)5-6-23-9-16/h3-4,7,10,14,22H,5-6,8-9H2,1-2H3,(H2,19,20,21). The molecule has 0 radical (unpaired) electrons. The zero-order valence-corrected chi connectivity index (χ0v) is 14.1. The SMILES string of the molecule is CC(C)C(NC(=O)NCC1(O)CCSC1)c1ccc(F)cc1F. The van der Waals surface area contributed by atoms with Gasteiger partial charge in [0.05, 0.1) is 11.6 Å². The largest absolute Gasteiger partial charge is 0.387 e. The van der Waals surface area contributed by atoms with Crippen LogP contribution in [0.1, 0.15) is 31.9 Å². The third kappa shape index (κ3) is 4.81. The van der Waals surface area contributed by atoms with Crippen LogP contribution >= 0.6 is 11.8 Å². The Morgan fingerprint density at radius 3 is 2.74 bits per heavy atom. The van der Waals surface area contributed by atoms with Crippen LogP contribution in [0, 0.1) is 17.6 Å². The van der Waals surface area contributed by atoms with Crippen molar-refractivity contribution in [2.75, 3.05) is 18.1 Å². The summed E-state index contributed by atoms with van der Waals surface area (Å²) in [5, 5.41) is 15.6. The van der Waals surface area contributed by atoms with Crippen LogP contribution in [0.2, 0.25) is 0 Å². The molecule has 0 saturated carbocycles. The number of hydrogen-bond acceptors (Lipinski definition) is 3. The Bertz CT molecular complexity index is 563. The maximum Gasteiger partial charge on any atom is 0.315 e. The molecule has 3 N–H and O–H groups in total. The van der Waals surface area contributed by atoms with Crippen molar-refractivity contribution in [2.45, 2.75) is 31.9 Å². The predicted molar refractivity (Wildman–Crippen MR) is 87.4 cm³/mol. The van der Waals surface area contributed by atoms with Crippen LogP contribution < -0.4 is 10.6 Å². The molecule has 0 bridgehead atoms. The van der Waals surface area contributed by atoms with Gasteiger partial charge in [-0.15, -0.1) is 0 Å². The first-order valence-corrected chi connectivity index (χ1v) is 8.76. The average Bonchev–Trinajstić information content (AvgIpc) is 2.90. The second-order valence-electron chi connectivity index (χ2n) is 6.24. The number of benzene rings is 1. The van der Waals surface area contributed by atoms with E-state index in [1.54, 1.807) is 11.8 Å². The highest BCUT2D eigenvalue weighted by atomic mass is 32.2. The summed E-state index contributed by atoms with van der Waals surface area (Å²) >= 11 is 1.64. The van der Waals surface area contributed by atoms with Gasteiger partial charge in [0.15, 0.2) is 0 Å². The molecule has 1 heterocycles. The molecule has 7 heteroatoms. The minimum Gasteiger partial charge on any atom is -0.387 e. The van der Waals surface area contributed by atoms with E-state index in [1.165, 1.54) is 12.1 Å². The van der Waals surface area contributed by atoms with E-state index in [4.69, 9.17) is 0 Å². The fourth-order valence-corrected chi connectivity index (χ4v) is 3.83. The second-order valence-corrected chi connectivity index (χ2v) is 7.35. The summed E-state index contributed by atoms with van der Waals surface area (Å²) in [6.07, 6.45) is 0.637. The molecule has 1 aromatic rings. The molecule has 2 atom stereocenters.